The number of aromatic nitrogens is 8. The van der Waals surface area contributed by atoms with E-state index in [0.29, 0.717) is 107 Å². The van der Waals surface area contributed by atoms with Crippen molar-refractivity contribution in [1.82, 2.24) is 44.0 Å². The molecule has 20 heteroatoms. The van der Waals surface area contributed by atoms with Gasteiger partial charge in [-0.05, 0) is 98.1 Å². The lowest BCUT2D eigenvalue weighted by molar-refractivity contribution is 0.0525. The highest BCUT2D eigenvalue weighted by molar-refractivity contribution is 6.05. The van der Waals surface area contributed by atoms with Crippen LogP contribution in [-0.4, -0.2) is 87.8 Å². The van der Waals surface area contributed by atoms with Gasteiger partial charge in [0.25, 0.3) is 11.8 Å². The van der Waals surface area contributed by atoms with E-state index in [4.69, 9.17) is 29.9 Å². The third-order valence-electron chi connectivity index (χ3n) is 10.3. The molecule has 0 saturated heterocycles. The molecule has 0 bridgehead atoms. The largest absolute Gasteiger partial charge is 0.491 e. The van der Waals surface area contributed by atoms with Gasteiger partial charge in [-0.25, -0.2) is 14.8 Å². The number of nitriles is 1. The van der Waals surface area contributed by atoms with Crippen LogP contribution in [0.5, 0.6) is 11.5 Å². The van der Waals surface area contributed by atoms with Crippen molar-refractivity contribution in [1.29, 1.82) is 5.26 Å². The van der Waals surface area contributed by atoms with Crippen LogP contribution >= 0.6 is 0 Å². The Hall–Kier alpha value is -7.43. The highest BCUT2D eigenvalue weighted by Gasteiger charge is 2.30. The Kier molecular flexibility index (Phi) is 12.4. The molecule has 330 valence electrons. The molecule has 1 aliphatic rings. The van der Waals surface area contributed by atoms with Gasteiger partial charge in [-0.1, -0.05) is 0 Å². The van der Waals surface area contributed by atoms with E-state index in [1.807, 2.05) is 29.9 Å². The monoisotopic (exact) mass is 861 g/mol. The summed E-state index contributed by atoms with van der Waals surface area (Å²) < 4.78 is 24.8. The van der Waals surface area contributed by atoms with Gasteiger partial charge >= 0.3 is 6.09 Å². The minimum absolute atomic E-state index is 0.144. The molecule has 0 fully saturated rings. The number of carbonyl (C=O) groups is 4. The van der Waals surface area contributed by atoms with Gasteiger partial charge in [0.2, 0.25) is 17.8 Å². The molecule has 1 atom stereocenters. The lowest BCUT2D eigenvalue weighted by Crippen LogP contribution is -2.33. The number of nitrogens with zero attached hydrogens (tertiary/aromatic N) is 9. The molecular formula is C43H51N13O7. The van der Waals surface area contributed by atoms with Gasteiger partial charge in [0.1, 0.15) is 46.1 Å². The van der Waals surface area contributed by atoms with Gasteiger partial charge in [-0.2, -0.15) is 15.5 Å². The number of hydrogen-bond acceptors (Lipinski definition) is 12. The molecule has 20 nitrogen and oxygen atoms in total. The number of anilines is 2. The summed E-state index contributed by atoms with van der Waals surface area (Å²) in [7, 11) is 0. The second-order valence-electron chi connectivity index (χ2n) is 16.2. The second kappa shape index (κ2) is 17.9. The Balaban J connectivity index is 1.20. The maximum absolute atomic E-state index is 13.8. The van der Waals surface area contributed by atoms with Crippen molar-refractivity contribution in [2.24, 2.45) is 5.73 Å². The Morgan fingerprint density at radius 2 is 1.52 bits per heavy atom. The number of benzene rings is 2. The van der Waals surface area contributed by atoms with E-state index in [-0.39, 0.29) is 43.2 Å². The number of nitrogens with two attached hydrogens (primary N) is 1. The van der Waals surface area contributed by atoms with E-state index < -0.39 is 23.5 Å². The Morgan fingerprint density at radius 3 is 2.14 bits per heavy atom. The summed E-state index contributed by atoms with van der Waals surface area (Å²) in [4.78, 5) is 61.9. The molecule has 4 aromatic heterocycles. The Bertz CT molecular complexity index is 2780. The van der Waals surface area contributed by atoms with Crippen molar-refractivity contribution in [3.63, 3.8) is 0 Å². The standard InChI is InChI=1S/C43H51N13O7/c1-8-54-31(16-24(3)51-54)38(58)49-40-47-30-20-27(37(45)57)21-34(61-15-11-13-46-42(60)63-43(5,6)7)35(30)53(40)14-10-12-28-23-62-33-19-26(22-44)18-29-36(33)56(28)41(48-29)50-39(59)32-17-25(4)52-55(32)9-2/h16-21,28H,8-15,23H2,1-7H3,(H2,45,57)(H,46,60)(H,47,49,58)(H,48,50,59)/t28-/m0/s1. The molecule has 2 aromatic carbocycles. The van der Waals surface area contributed by atoms with Crippen LogP contribution in [0.1, 0.15) is 108 Å². The second-order valence-corrected chi connectivity index (χ2v) is 16.2. The fourth-order valence-corrected chi connectivity index (χ4v) is 7.59. The van der Waals surface area contributed by atoms with E-state index in [9.17, 15) is 24.4 Å². The molecule has 0 saturated carbocycles. The third-order valence-corrected chi connectivity index (χ3v) is 10.3. The van der Waals surface area contributed by atoms with Crippen LogP contribution in [0, 0.1) is 25.2 Å². The normalized spacial score (nSPS) is 13.4. The minimum atomic E-state index is -0.695. The highest BCUT2D eigenvalue weighted by atomic mass is 16.6. The zero-order valence-electron chi connectivity index (χ0n) is 36.4. The van der Waals surface area contributed by atoms with Crippen LogP contribution < -0.4 is 31.2 Å². The van der Waals surface area contributed by atoms with Crippen LogP contribution in [0.3, 0.4) is 0 Å². The summed E-state index contributed by atoms with van der Waals surface area (Å²) in [5.74, 6) is -0.251. The van der Waals surface area contributed by atoms with E-state index in [1.54, 1.807) is 67.4 Å². The minimum Gasteiger partial charge on any atom is -0.491 e. The van der Waals surface area contributed by atoms with Crippen molar-refractivity contribution in [2.75, 3.05) is 30.4 Å². The first-order valence-electron chi connectivity index (χ1n) is 20.8. The predicted octanol–water partition coefficient (Wildman–Crippen LogP) is 5.62. The molecule has 6 aromatic rings. The molecule has 1 aliphatic heterocycles. The molecule has 7 rings (SSSR count). The fourth-order valence-electron chi connectivity index (χ4n) is 7.59. The number of aryl methyl sites for hydroxylation is 5. The van der Waals surface area contributed by atoms with Crippen molar-refractivity contribution in [3.05, 3.63) is 70.3 Å². The van der Waals surface area contributed by atoms with E-state index in [1.165, 1.54) is 6.07 Å². The van der Waals surface area contributed by atoms with Gasteiger partial charge in [0.15, 0.2) is 0 Å². The maximum Gasteiger partial charge on any atom is 0.407 e. The van der Waals surface area contributed by atoms with E-state index >= 15 is 0 Å². The number of carbonyl (C=O) groups excluding carboxylic acids is 4. The number of alkyl carbamates (subject to hydrolysis) is 1. The maximum atomic E-state index is 13.8. The van der Waals surface area contributed by atoms with Crippen LogP contribution in [0.15, 0.2) is 36.4 Å². The molecule has 4 amide bonds. The zero-order valence-corrected chi connectivity index (χ0v) is 36.4. The lowest BCUT2D eigenvalue weighted by atomic mass is 10.1. The topological polar surface area (TPSA) is 253 Å². The van der Waals surface area contributed by atoms with Crippen molar-refractivity contribution >= 4 is 57.8 Å². The molecule has 5 N–H and O–H groups in total. The molecule has 63 heavy (non-hydrogen) atoms. The summed E-state index contributed by atoms with van der Waals surface area (Å²) >= 11 is 0. The summed E-state index contributed by atoms with van der Waals surface area (Å²) in [5.41, 5.74) is 9.72. The van der Waals surface area contributed by atoms with Gasteiger partial charge in [-0.3, -0.25) is 34.4 Å². The summed E-state index contributed by atoms with van der Waals surface area (Å²) in [5, 5.41) is 27.3. The number of hydrogen-bond donors (Lipinski definition) is 4. The number of rotatable bonds is 16. The Morgan fingerprint density at radius 1 is 0.889 bits per heavy atom. The first-order chi connectivity index (χ1) is 30.1. The number of ether oxygens (including phenoxy) is 3. The SMILES string of the molecule is CCn1nc(C)cc1C(=O)Nc1nc2cc(C(N)=O)cc(OCCCNC(=O)OC(C)(C)C)c2n1CCC[C@H]1COc2cc(C#N)cc3nc(NC(=O)c4cc(C)nn4CC)n1c23. The quantitative estimate of drug-likeness (QED) is 0.0866. The van der Waals surface area contributed by atoms with E-state index in [0.717, 1.165) is 0 Å². The zero-order chi connectivity index (χ0) is 45.2. The first-order valence-corrected chi connectivity index (χ1v) is 20.8. The number of primary amides is 1. The van der Waals surface area contributed by atoms with E-state index in [2.05, 4.69) is 32.2 Å². The smallest absolute Gasteiger partial charge is 0.407 e. The molecule has 0 unspecified atom stereocenters. The number of amides is 4. The van der Waals surface area contributed by atoms with Gasteiger partial charge in [0.05, 0.1) is 46.7 Å². The Labute approximate surface area is 362 Å². The summed E-state index contributed by atoms with van der Waals surface area (Å²) in [6.07, 6.45) is 0.839. The summed E-state index contributed by atoms with van der Waals surface area (Å²) in [6, 6.07) is 11.6. The van der Waals surface area contributed by atoms with Crippen molar-refractivity contribution in [3.8, 4) is 17.6 Å². The summed E-state index contributed by atoms with van der Waals surface area (Å²) in [6.45, 7) is 14.6. The molecular weight excluding hydrogens is 811 g/mol. The molecule has 0 radical (unpaired) electrons. The predicted molar refractivity (Wildman–Crippen MR) is 232 cm³/mol. The lowest BCUT2D eigenvalue weighted by Gasteiger charge is -2.27. The third kappa shape index (κ3) is 9.41. The average molecular weight is 862 g/mol. The van der Waals surface area contributed by atoms with Crippen molar-refractivity contribution in [2.45, 2.75) is 99.0 Å². The van der Waals surface area contributed by atoms with Crippen molar-refractivity contribution < 1.29 is 33.4 Å². The molecule has 0 spiro atoms. The van der Waals surface area contributed by atoms with Gasteiger partial charge < -0.3 is 34.4 Å². The fraction of sp³-hybridized carbons (Fsp3) is 0.419. The van der Waals surface area contributed by atoms with Gasteiger partial charge in [0, 0.05) is 37.8 Å². The highest BCUT2D eigenvalue weighted by Crippen LogP contribution is 2.39. The average Bonchev–Trinajstić information content (AvgIpc) is 4.00. The van der Waals surface area contributed by atoms with Crippen LogP contribution in [0.25, 0.3) is 22.1 Å². The number of nitrogens with one attached hydrogen (secondary N) is 3. The van der Waals surface area contributed by atoms with Crippen LogP contribution in [-0.2, 0) is 24.4 Å². The number of fused-ring (bicyclic) bond motifs is 1. The van der Waals surface area contributed by atoms with Crippen LogP contribution in [0.4, 0.5) is 16.7 Å². The number of imidazole rings is 2. The van der Waals surface area contributed by atoms with Crippen LogP contribution in [0.2, 0.25) is 0 Å². The molecule has 5 heterocycles. The molecule has 0 aliphatic carbocycles. The van der Waals surface area contributed by atoms with Gasteiger partial charge in [-0.15, -0.1) is 0 Å². The first kappa shape index (κ1) is 43.7.